The molecule has 2 aliphatic heterocycles. The number of rotatable bonds is 4. The van der Waals surface area contributed by atoms with Gasteiger partial charge in [-0.2, -0.15) is 5.10 Å². The van der Waals surface area contributed by atoms with Crippen LogP contribution < -0.4 is 5.32 Å². The van der Waals surface area contributed by atoms with E-state index in [0.717, 1.165) is 16.8 Å². The van der Waals surface area contributed by atoms with Crippen LogP contribution in [0.3, 0.4) is 0 Å². The summed E-state index contributed by atoms with van der Waals surface area (Å²) in [7, 11) is -3.15. The monoisotopic (exact) mass is 432 g/mol. The van der Waals surface area contributed by atoms with E-state index >= 15 is 0 Å². The Morgan fingerprint density at radius 1 is 1.24 bits per heavy atom. The highest BCUT2D eigenvalue weighted by Crippen LogP contribution is 2.26. The van der Waals surface area contributed by atoms with Gasteiger partial charge in [-0.3, -0.25) is 14.9 Å². The molecule has 8 nitrogen and oxygen atoms in total. The van der Waals surface area contributed by atoms with Crippen LogP contribution in [-0.4, -0.2) is 53.5 Å². The van der Waals surface area contributed by atoms with Crippen molar-refractivity contribution in [1.82, 2.24) is 9.99 Å². The SMILES string of the molecule is Cc1ccc(-c2csc(NC(=O)C3=NN([C@@H]4CCS(=O)(=O)C4)C(=O)CC3)n2)cc1. The minimum atomic E-state index is -3.15. The van der Waals surface area contributed by atoms with E-state index in [1.54, 1.807) is 0 Å². The maximum absolute atomic E-state index is 12.6. The van der Waals surface area contributed by atoms with Crippen LogP contribution in [0.25, 0.3) is 11.3 Å². The van der Waals surface area contributed by atoms with Crippen LogP contribution in [0.15, 0.2) is 34.7 Å². The predicted octanol–water partition coefficient (Wildman–Crippen LogP) is 2.22. The number of carbonyl (C=O) groups is 2. The van der Waals surface area contributed by atoms with Crippen molar-refractivity contribution in [2.24, 2.45) is 5.10 Å². The maximum atomic E-state index is 12.6. The van der Waals surface area contributed by atoms with Crippen molar-refractivity contribution in [3.63, 3.8) is 0 Å². The number of aryl methyl sites for hydroxylation is 1. The van der Waals surface area contributed by atoms with Crippen LogP contribution in [0.1, 0.15) is 24.8 Å². The summed E-state index contributed by atoms with van der Waals surface area (Å²) in [5.41, 5.74) is 3.09. The average molecular weight is 433 g/mol. The molecule has 4 rings (SSSR count). The minimum absolute atomic E-state index is 0.0411. The molecular weight excluding hydrogens is 412 g/mol. The Kier molecular flexibility index (Phi) is 5.22. The summed E-state index contributed by atoms with van der Waals surface area (Å²) in [6.45, 7) is 2.01. The van der Waals surface area contributed by atoms with Crippen LogP contribution in [-0.2, 0) is 19.4 Å². The third-order valence-electron chi connectivity index (χ3n) is 4.95. The number of hydrogen-bond acceptors (Lipinski definition) is 7. The molecule has 0 unspecified atom stereocenters. The Bertz CT molecular complexity index is 1090. The van der Waals surface area contributed by atoms with E-state index in [9.17, 15) is 18.0 Å². The number of nitrogens with one attached hydrogen (secondary N) is 1. The number of amides is 2. The predicted molar refractivity (Wildman–Crippen MR) is 111 cm³/mol. The zero-order valence-electron chi connectivity index (χ0n) is 15.8. The van der Waals surface area contributed by atoms with Crippen molar-refractivity contribution < 1.29 is 18.0 Å². The highest BCUT2D eigenvalue weighted by Gasteiger charge is 2.37. The van der Waals surface area contributed by atoms with Gasteiger partial charge in [0.15, 0.2) is 15.0 Å². The van der Waals surface area contributed by atoms with E-state index in [1.807, 2.05) is 36.6 Å². The summed E-state index contributed by atoms with van der Waals surface area (Å²) in [5.74, 6) is -0.740. The largest absolute Gasteiger partial charge is 0.297 e. The maximum Gasteiger partial charge on any atom is 0.273 e. The van der Waals surface area contributed by atoms with Crippen LogP contribution in [0, 0.1) is 6.92 Å². The van der Waals surface area contributed by atoms with Crippen LogP contribution >= 0.6 is 11.3 Å². The number of sulfone groups is 1. The van der Waals surface area contributed by atoms with Crippen LogP contribution in [0.2, 0.25) is 0 Å². The summed E-state index contributed by atoms with van der Waals surface area (Å²) in [4.78, 5) is 29.3. The lowest BCUT2D eigenvalue weighted by molar-refractivity contribution is -0.133. The summed E-state index contributed by atoms with van der Waals surface area (Å²) >= 11 is 1.31. The van der Waals surface area contributed by atoms with Gasteiger partial charge < -0.3 is 0 Å². The number of thiazole rings is 1. The van der Waals surface area contributed by atoms with E-state index in [4.69, 9.17) is 0 Å². The number of nitrogens with zero attached hydrogens (tertiary/aromatic N) is 3. The topological polar surface area (TPSA) is 109 Å². The number of hydrogen-bond donors (Lipinski definition) is 1. The van der Waals surface area contributed by atoms with Crippen molar-refractivity contribution >= 4 is 43.8 Å². The molecule has 0 radical (unpaired) electrons. The molecule has 0 spiro atoms. The van der Waals surface area contributed by atoms with Crippen LogP contribution in [0.5, 0.6) is 0 Å². The molecule has 10 heteroatoms. The van der Waals surface area contributed by atoms with Gasteiger partial charge in [0.05, 0.1) is 23.2 Å². The first-order valence-corrected chi connectivity index (χ1v) is 11.9. The molecule has 1 aromatic heterocycles. The zero-order valence-corrected chi connectivity index (χ0v) is 17.4. The number of hydrazone groups is 1. The fraction of sp³-hybridized carbons (Fsp3) is 0.368. The molecule has 152 valence electrons. The lowest BCUT2D eigenvalue weighted by Gasteiger charge is -2.27. The molecule has 1 N–H and O–H groups in total. The van der Waals surface area contributed by atoms with Gasteiger partial charge in [0, 0.05) is 23.8 Å². The molecule has 29 heavy (non-hydrogen) atoms. The first-order valence-electron chi connectivity index (χ1n) is 9.25. The summed E-state index contributed by atoms with van der Waals surface area (Å²) in [6, 6.07) is 7.45. The first-order chi connectivity index (χ1) is 13.8. The lowest BCUT2D eigenvalue weighted by atomic mass is 10.1. The van der Waals surface area contributed by atoms with Gasteiger partial charge in [0.1, 0.15) is 5.71 Å². The van der Waals surface area contributed by atoms with E-state index < -0.39 is 21.8 Å². The highest BCUT2D eigenvalue weighted by atomic mass is 32.2. The molecule has 2 aromatic rings. The molecule has 1 fully saturated rings. The summed E-state index contributed by atoms with van der Waals surface area (Å²) in [5, 5.41) is 10.4. The van der Waals surface area contributed by atoms with Gasteiger partial charge in [0.2, 0.25) is 5.91 Å². The van der Waals surface area contributed by atoms with Gasteiger partial charge in [-0.15, -0.1) is 11.3 Å². The van der Waals surface area contributed by atoms with E-state index in [0.29, 0.717) is 11.6 Å². The van der Waals surface area contributed by atoms with Crippen LogP contribution in [0.4, 0.5) is 5.13 Å². The Balaban J connectivity index is 1.47. The van der Waals surface area contributed by atoms with Crippen molar-refractivity contribution in [2.45, 2.75) is 32.2 Å². The van der Waals surface area contributed by atoms with Crippen molar-refractivity contribution in [3.05, 3.63) is 35.2 Å². The number of aromatic nitrogens is 1. The average Bonchev–Trinajstić information content (AvgIpc) is 3.29. The van der Waals surface area contributed by atoms with E-state index in [-0.39, 0.29) is 36.0 Å². The van der Waals surface area contributed by atoms with Crippen molar-refractivity contribution in [1.29, 1.82) is 0 Å². The summed E-state index contributed by atoms with van der Waals surface area (Å²) < 4.78 is 23.4. The molecule has 3 heterocycles. The second-order valence-electron chi connectivity index (χ2n) is 7.20. The summed E-state index contributed by atoms with van der Waals surface area (Å²) in [6.07, 6.45) is 0.699. The smallest absolute Gasteiger partial charge is 0.273 e. The van der Waals surface area contributed by atoms with Gasteiger partial charge >= 0.3 is 0 Å². The van der Waals surface area contributed by atoms with Crippen molar-refractivity contribution in [3.8, 4) is 11.3 Å². The standard InChI is InChI=1S/C19H20N4O4S2/c1-12-2-4-13(5-3-12)16-10-28-19(20-16)21-18(25)15-6-7-17(24)23(22-15)14-8-9-29(26,27)11-14/h2-5,10,14H,6-9,11H2,1H3,(H,20,21,25)/t14-/m1/s1. The molecular formula is C19H20N4O4S2. The highest BCUT2D eigenvalue weighted by molar-refractivity contribution is 7.91. The van der Waals surface area contributed by atoms with Gasteiger partial charge in [0.25, 0.3) is 5.91 Å². The fourth-order valence-electron chi connectivity index (χ4n) is 3.35. The molecule has 1 atom stereocenters. The normalized spacial score (nSPS) is 21.1. The number of anilines is 1. The number of benzene rings is 1. The Morgan fingerprint density at radius 2 is 2.00 bits per heavy atom. The second-order valence-corrected chi connectivity index (χ2v) is 10.3. The van der Waals surface area contributed by atoms with E-state index in [1.165, 1.54) is 16.3 Å². The fourth-order valence-corrected chi connectivity index (χ4v) is 5.75. The number of carbonyl (C=O) groups excluding carboxylic acids is 2. The molecule has 1 saturated heterocycles. The lowest BCUT2D eigenvalue weighted by Crippen LogP contribution is -2.42. The van der Waals surface area contributed by atoms with Crippen molar-refractivity contribution in [2.75, 3.05) is 16.8 Å². The quantitative estimate of drug-likeness (QED) is 0.797. The first kappa shape index (κ1) is 19.7. The Labute approximate surface area is 172 Å². The van der Waals surface area contributed by atoms with Gasteiger partial charge in [-0.1, -0.05) is 29.8 Å². The molecule has 2 aliphatic rings. The minimum Gasteiger partial charge on any atom is -0.297 e. The second kappa shape index (κ2) is 7.68. The van der Waals surface area contributed by atoms with Gasteiger partial charge in [-0.05, 0) is 13.3 Å². The molecule has 0 bridgehead atoms. The third-order valence-corrected chi connectivity index (χ3v) is 7.46. The zero-order chi connectivity index (χ0) is 20.6. The van der Waals surface area contributed by atoms with Gasteiger partial charge in [-0.25, -0.2) is 18.4 Å². The molecule has 0 saturated carbocycles. The molecule has 0 aliphatic carbocycles. The molecule has 1 aromatic carbocycles. The van der Waals surface area contributed by atoms with E-state index in [2.05, 4.69) is 15.4 Å². The third kappa shape index (κ3) is 4.38. The Hall–Kier alpha value is -2.59. The molecule has 2 amide bonds. The Morgan fingerprint density at radius 3 is 2.69 bits per heavy atom.